The first-order valence-electron chi connectivity index (χ1n) is 6.74. The van der Waals surface area contributed by atoms with E-state index in [-0.39, 0.29) is 11.5 Å². The minimum absolute atomic E-state index is 0.0918. The molecule has 0 bridgehead atoms. The highest BCUT2D eigenvalue weighted by molar-refractivity contribution is 5.98. The summed E-state index contributed by atoms with van der Waals surface area (Å²) in [7, 11) is 0. The quantitative estimate of drug-likeness (QED) is 0.870. The Morgan fingerprint density at radius 3 is 3.00 bits per heavy atom. The standard InChI is InChI=1S/C15H18FN3O/c1-10-3-2-6-15(18,8-10)14(20)19-12-4-5-13(16)11(7-12)9-17/h4-5,7,10H,2-3,6,8,18H2,1H3,(H,19,20). The summed E-state index contributed by atoms with van der Waals surface area (Å²) in [5, 5.41) is 11.5. The van der Waals surface area contributed by atoms with Crippen molar-refractivity contribution in [2.75, 3.05) is 5.32 Å². The van der Waals surface area contributed by atoms with Crippen LogP contribution in [0, 0.1) is 23.1 Å². The highest BCUT2D eigenvalue weighted by Gasteiger charge is 2.37. The molecule has 4 nitrogen and oxygen atoms in total. The van der Waals surface area contributed by atoms with E-state index in [1.54, 1.807) is 6.07 Å². The van der Waals surface area contributed by atoms with Crippen LogP contribution in [-0.4, -0.2) is 11.4 Å². The number of benzene rings is 1. The van der Waals surface area contributed by atoms with Crippen molar-refractivity contribution < 1.29 is 9.18 Å². The lowest BCUT2D eigenvalue weighted by Gasteiger charge is -2.35. The van der Waals surface area contributed by atoms with E-state index in [1.807, 2.05) is 0 Å². The number of carbonyl (C=O) groups excluding carboxylic acids is 1. The Kier molecular flexibility index (Phi) is 4.05. The maximum Gasteiger partial charge on any atom is 0.244 e. The summed E-state index contributed by atoms with van der Waals surface area (Å²) < 4.78 is 13.2. The van der Waals surface area contributed by atoms with Crippen LogP contribution in [0.4, 0.5) is 10.1 Å². The molecule has 106 valence electrons. The molecule has 2 unspecified atom stereocenters. The zero-order valence-corrected chi connectivity index (χ0v) is 11.4. The van der Waals surface area contributed by atoms with Gasteiger partial charge in [0.15, 0.2) is 0 Å². The molecule has 1 fully saturated rings. The van der Waals surface area contributed by atoms with Gasteiger partial charge in [-0.1, -0.05) is 19.8 Å². The van der Waals surface area contributed by atoms with Gasteiger partial charge in [-0.25, -0.2) is 4.39 Å². The predicted octanol–water partition coefficient (Wildman–Crippen LogP) is 2.54. The minimum Gasteiger partial charge on any atom is -0.324 e. The smallest absolute Gasteiger partial charge is 0.244 e. The Balaban J connectivity index is 2.13. The van der Waals surface area contributed by atoms with E-state index in [0.717, 1.165) is 12.8 Å². The predicted molar refractivity (Wildman–Crippen MR) is 74.3 cm³/mol. The van der Waals surface area contributed by atoms with Gasteiger partial charge in [-0.3, -0.25) is 4.79 Å². The second-order valence-electron chi connectivity index (χ2n) is 5.62. The van der Waals surface area contributed by atoms with Crippen molar-refractivity contribution in [3.8, 4) is 6.07 Å². The van der Waals surface area contributed by atoms with Crippen LogP contribution in [0.1, 0.15) is 38.2 Å². The molecule has 1 aliphatic rings. The number of hydrogen-bond acceptors (Lipinski definition) is 3. The van der Waals surface area contributed by atoms with Crippen LogP contribution in [0.3, 0.4) is 0 Å². The van der Waals surface area contributed by atoms with Gasteiger partial charge in [-0.2, -0.15) is 5.26 Å². The summed E-state index contributed by atoms with van der Waals surface area (Å²) in [5.41, 5.74) is 5.62. The number of hydrogen-bond donors (Lipinski definition) is 2. The molecule has 1 amide bonds. The maximum absolute atomic E-state index is 13.2. The molecule has 0 spiro atoms. The SMILES string of the molecule is CC1CCCC(N)(C(=O)Nc2ccc(F)c(C#N)c2)C1. The fourth-order valence-corrected chi connectivity index (χ4v) is 2.74. The first-order chi connectivity index (χ1) is 9.44. The van der Waals surface area contributed by atoms with Gasteiger partial charge in [0.25, 0.3) is 0 Å². The number of nitrogens with two attached hydrogens (primary N) is 1. The third kappa shape index (κ3) is 2.97. The summed E-state index contributed by atoms with van der Waals surface area (Å²) in [5.74, 6) is -0.443. The van der Waals surface area contributed by atoms with Gasteiger partial charge in [0.05, 0.1) is 11.1 Å². The Morgan fingerprint density at radius 1 is 1.60 bits per heavy atom. The van der Waals surface area contributed by atoms with Gasteiger partial charge >= 0.3 is 0 Å². The van der Waals surface area contributed by atoms with Crippen LogP contribution in [0.15, 0.2) is 18.2 Å². The highest BCUT2D eigenvalue weighted by atomic mass is 19.1. The molecule has 2 rings (SSSR count). The number of nitrogens with zero attached hydrogens (tertiary/aromatic N) is 1. The molecule has 0 heterocycles. The Hall–Kier alpha value is -1.93. The second kappa shape index (κ2) is 5.59. The monoisotopic (exact) mass is 275 g/mol. The Morgan fingerprint density at radius 2 is 2.35 bits per heavy atom. The molecule has 1 saturated carbocycles. The lowest BCUT2D eigenvalue weighted by molar-refractivity contribution is -0.122. The molecule has 1 aromatic carbocycles. The van der Waals surface area contributed by atoms with Crippen LogP contribution in [0.2, 0.25) is 0 Å². The summed E-state index contributed by atoms with van der Waals surface area (Å²) >= 11 is 0. The lowest BCUT2D eigenvalue weighted by Crippen LogP contribution is -2.53. The largest absolute Gasteiger partial charge is 0.324 e. The summed E-state index contributed by atoms with van der Waals surface area (Å²) in [6.07, 6.45) is 3.31. The fraction of sp³-hybridized carbons (Fsp3) is 0.467. The molecule has 0 saturated heterocycles. The molecule has 20 heavy (non-hydrogen) atoms. The molecule has 0 aromatic heterocycles. The topological polar surface area (TPSA) is 78.9 Å². The highest BCUT2D eigenvalue weighted by Crippen LogP contribution is 2.31. The zero-order valence-electron chi connectivity index (χ0n) is 11.4. The van der Waals surface area contributed by atoms with Gasteiger partial charge in [0.2, 0.25) is 5.91 Å². The summed E-state index contributed by atoms with van der Waals surface area (Å²) in [4.78, 5) is 12.3. The molecule has 0 radical (unpaired) electrons. The number of halogens is 1. The van der Waals surface area contributed by atoms with Gasteiger partial charge in [0.1, 0.15) is 11.9 Å². The van der Waals surface area contributed by atoms with Crippen molar-refractivity contribution in [3.05, 3.63) is 29.6 Å². The van der Waals surface area contributed by atoms with E-state index in [9.17, 15) is 9.18 Å². The van der Waals surface area contributed by atoms with E-state index in [2.05, 4.69) is 12.2 Å². The van der Waals surface area contributed by atoms with E-state index in [1.165, 1.54) is 18.2 Å². The lowest BCUT2D eigenvalue weighted by atomic mass is 9.76. The van der Waals surface area contributed by atoms with Gasteiger partial charge in [-0.05, 0) is 37.0 Å². The molecular formula is C15H18FN3O. The Bertz CT molecular complexity index is 567. The van der Waals surface area contributed by atoms with Crippen molar-refractivity contribution in [1.82, 2.24) is 0 Å². The van der Waals surface area contributed by atoms with Crippen LogP contribution in [-0.2, 0) is 4.79 Å². The van der Waals surface area contributed by atoms with Crippen LogP contribution in [0.25, 0.3) is 0 Å². The van der Waals surface area contributed by atoms with Gasteiger partial charge < -0.3 is 11.1 Å². The van der Waals surface area contributed by atoms with Crippen molar-refractivity contribution >= 4 is 11.6 Å². The van der Waals surface area contributed by atoms with Crippen molar-refractivity contribution in [3.63, 3.8) is 0 Å². The molecule has 1 aliphatic carbocycles. The summed E-state index contributed by atoms with van der Waals surface area (Å²) in [6, 6.07) is 5.67. The third-order valence-corrected chi connectivity index (χ3v) is 3.83. The van der Waals surface area contributed by atoms with Crippen LogP contribution < -0.4 is 11.1 Å². The normalized spacial score (nSPS) is 25.8. The average Bonchev–Trinajstić information content (AvgIpc) is 2.40. The van der Waals surface area contributed by atoms with Crippen molar-refractivity contribution in [2.24, 2.45) is 11.7 Å². The van der Waals surface area contributed by atoms with E-state index >= 15 is 0 Å². The molecule has 2 atom stereocenters. The number of amides is 1. The first-order valence-corrected chi connectivity index (χ1v) is 6.74. The van der Waals surface area contributed by atoms with Crippen LogP contribution >= 0.6 is 0 Å². The summed E-state index contributed by atoms with van der Waals surface area (Å²) in [6.45, 7) is 2.08. The molecule has 1 aromatic rings. The van der Waals surface area contributed by atoms with Gasteiger partial charge in [-0.15, -0.1) is 0 Å². The van der Waals surface area contributed by atoms with Crippen LogP contribution in [0.5, 0.6) is 0 Å². The zero-order chi connectivity index (χ0) is 14.8. The van der Waals surface area contributed by atoms with E-state index in [4.69, 9.17) is 11.0 Å². The number of nitrogens with one attached hydrogen (secondary N) is 1. The average molecular weight is 275 g/mol. The van der Waals surface area contributed by atoms with Crippen molar-refractivity contribution in [2.45, 2.75) is 38.1 Å². The number of carbonyl (C=O) groups is 1. The number of nitriles is 1. The van der Waals surface area contributed by atoms with Gasteiger partial charge in [0, 0.05) is 5.69 Å². The molecule has 5 heteroatoms. The van der Waals surface area contributed by atoms with E-state index in [0.29, 0.717) is 24.4 Å². The molecular weight excluding hydrogens is 257 g/mol. The number of rotatable bonds is 2. The molecule has 3 N–H and O–H groups in total. The van der Waals surface area contributed by atoms with Crippen molar-refractivity contribution in [1.29, 1.82) is 5.26 Å². The molecule has 0 aliphatic heterocycles. The number of anilines is 1. The maximum atomic E-state index is 13.2. The third-order valence-electron chi connectivity index (χ3n) is 3.83. The minimum atomic E-state index is -0.876. The second-order valence-corrected chi connectivity index (χ2v) is 5.62. The first kappa shape index (κ1) is 14.5. The van der Waals surface area contributed by atoms with E-state index < -0.39 is 11.4 Å². The fourth-order valence-electron chi connectivity index (χ4n) is 2.74. The Labute approximate surface area is 117 Å².